The highest BCUT2D eigenvalue weighted by atomic mass is 16.2. The summed E-state index contributed by atoms with van der Waals surface area (Å²) in [7, 11) is 0. The van der Waals surface area contributed by atoms with Gasteiger partial charge in [-0.15, -0.1) is 0 Å². The first-order valence-corrected chi connectivity index (χ1v) is 12.2. The summed E-state index contributed by atoms with van der Waals surface area (Å²) in [5.74, 6) is 0.0268. The van der Waals surface area contributed by atoms with Crippen molar-refractivity contribution in [3.8, 4) is 0 Å². The third-order valence-electron chi connectivity index (χ3n) is 7.08. The maximum Gasteiger partial charge on any atom is 0.255 e. The maximum atomic E-state index is 13.4. The number of nitrogens with zero attached hydrogens (tertiary/aromatic N) is 2. The van der Waals surface area contributed by atoms with Gasteiger partial charge in [0.2, 0.25) is 5.91 Å². The molecule has 0 spiro atoms. The van der Waals surface area contributed by atoms with Crippen molar-refractivity contribution >= 4 is 11.8 Å². The molecular weight excluding hydrogens is 374 g/mol. The number of benzene rings is 1. The second-order valence-corrected chi connectivity index (χ2v) is 9.29. The van der Waals surface area contributed by atoms with E-state index < -0.39 is 6.04 Å². The highest BCUT2D eigenvalue weighted by Gasteiger charge is 2.41. The van der Waals surface area contributed by atoms with Gasteiger partial charge >= 0.3 is 0 Å². The maximum absolute atomic E-state index is 13.4. The monoisotopic (exact) mass is 411 g/mol. The summed E-state index contributed by atoms with van der Waals surface area (Å²) in [6.45, 7) is 3.99. The van der Waals surface area contributed by atoms with Gasteiger partial charge in [0, 0.05) is 18.2 Å². The average Bonchev–Trinajstić information content (AvgIpc) is 3.03. The first-order valence-electron chi connectivity index (χ1n) is 12.2. The molecule has 0 bridgehead atoms. The number of piperidine rings is 1. The summed E-state index contributed by atoms with van der Waals surface area (Å²) >= 11 is 0. The Morgan fingerprint density at radius 3 is 2.33 bits per heavy atom. The minimum absolute atomic E-state index is 0.0110. The van der Waals surface area contributed by atoms with Crippen molar-refractivity contribution in [3.05, 3.63) is 35.4 Å². The minimum Gasteiger partial charge on any atom is -0.351 e. The molecule has 1 saturated carbocycles. The molecular formula is C25H37N3O2. The van der Waals surface area contributed by atoms with Gasteiger partial charge in [0.05, 0.1) is 0 Å². The Bertz CT molecular complexity index is 721. The fraction of sp³-hybridized carbons (Fsp3) is 0.680. The largest absolute Gasteiger partial charge is 0.351 e. The molecule has 2 fully saturated rings. The van der Waals surface area contributed by atoms with Gasteiger partial charge in [0.15, 0.2) is 0 Å². The molecule has 2 heterocycles. The van der Waals surface area contributed by atoms with Crippen LogP contribution < -0.4 is 5.32 Å². The van der Waals surface area contributed by atoms with E-state index in [2.05, 4.69) is 10.2 Å². The van der Waals surface area contributed by atoms with Crippen LogP contribution in [0.15, 0.2) is 24.3 Å². The topological polar surface area (TPSA) is 52.7 Å². The summed E-state index contributed by atoms with van der Waals surface area (Å²) in [6, 6.07) is 7.45. The van der Waals surface area contributed by atoms with Gasteiger partial charge in [-0.3, -0.25) is 9.59 Å². The molecule has 1 unspecified atom stereocenters. The normalized spacial score (nSPS) is 23.7. The van der Waals surface area contributed by atoms with Gasteiger partial charge in [0.1, 0.15) is 6.04 Å². The Kier molecular flexibility index (Phi) is 7.42. The quantitative estimate of drug-likeness (QED) is 0.760. The number of hydrogen-bond acceptors (Lipinski definition) is 3. The van der Waals surface area contributed by atoms with Gasteiger partial charge in [-0.05, 0) is 63.4 Å². The molecule has 30 heavy (non-hydrogen) atoms. The summed E-state index contributed by atoms with van der Waals surface area (Å²) in [5, 5.41) is 3.32. The minimum atomic E-state index is -0.472. The Morgan fingerprint density at radius 2 is 1.57 bits per heavy atom. The number of carbonyl (C=O) groups excluding carboxylic acids is 2. The molecule has 5 nitrogen and oxygen atoms in total. The van der Waals surface area contributed by atoms with Crippen LogP contribution in [0.2, 0.25) is 0 Å². The number of fused-ring (bicyclic) bond motifs is 1. The average molecular weight is 412 g/mol. The number of carbonyl (C=O) groups is 2. The molecule has 0 aromatic heterocycles. The zero-order chi connectivity index (χ0) is 20.8. The molecule has 4 rings (SSSR count). The molecule has 5 heteroatoms. The predicted molar refractivity (Wildman–Crippen MR) is 119 cm³/mol. The summed E-state index contributed by atoms with van der Waals surface area (Å²) in [6.07, 6.45) is 13.1. The van der Waals surface area contributed by atoms with Crippen molar-refractivity contribution < 1.29 is 9.59 Å². The van der Waals surface area contributed by atoms with Gasteiger partial charge in [-0.25, -0.2) is 0 Å². The van der Waals surface area contributed by atoms with Crippen molar-refractivity contribution in [1.82, 2.24) is 15.1 Å². The highest BCUT2D eigenvalue weighted by Crippen LogP contribution is 2.34. The molecule has 2 amide bonds. The molecule has 1 atom stereocenters. The van der Waals surface area contributed by atoms with Crippen LogP contribution in [0.25, 0.3) is 0 Å². The van der Waals surface area contributed by atoms with Crippen LogP contribution in [-0.2, 0) is 4.79 Å². The molecule has 1 aromatic rings. The lowest BCUT2D eigenvalue weighted by Crippen LogP contribution is -2.44. The van der Waals surface area contributed by atoms with Crippen molar-refractivity contribution in [1.29, 1.82) is 0 Å². The second-order valence-electron chi connectivity index (χ2n) is 9.29. The van der Waals surface area contributed by atoms with Crippen molar-refractivity contribution in [3.63, 3.8) is 0 Å². The van der Waals surface area contributed by atoms with E-state index >= 15 is 0 Å². The molecule has 3 aliphatic rings. The van der Waals surface area contributed by atoms with E-state index in [1.807, 2.05) is 29.2 Å². The number of likely N-dealkylation sites (tertiary alicyclic amines) is 1. The fourth-order valence-electron chi connectivity index (χ4n) is 5.41. The van der Waals surface area contributed by atoms with Crippen LogP contribution in [-0.4, -0.2) is 53.8 Å². The van der Waals surface area contributed by atoms with E-state index in [1.165, 1.54) is 64.5 Å². The molecule has 1 saturated heterocycles. The van der Waals surface area contributed by atoms with Crippen LogP contribution in [0.5, 0.6) is 0 Å². The van der Waals surface area contributed by atoms with E-state index in [1.54, 1.807) is 0 Å². The summed E-state index contributed by atoms with van der Waals surface area (Å²) < 4.78 is 0. The molecule has 164 valence electrons. The number of nitrogens with one attached hydrogen (secondary N) is 1. The van der Waals surface area contributed by atoms with E-state index in [4.69, 9.17) is 0 Å². The fourth-order valence-corrected chi connectivity index (χ4v) is 5.41. The second kappa shape index (κ2) is 10.4. The van der Waals surface area contributed by atoms with E-state index in [-0.39, 0.29) is 17.9 Å². The van der Waals surface area contributed by atoms with E-state index in [9.17, 15) is 9.59 Å². The lowest BCUT2D eigenvalue weighted by Gasteiger charge is -2.30. The first-order chi connectivity index (χ1) is 14.7. The highest BCUT2D eigenvalue weighted by molar-refractivity contribution is 6.04. The van der Waals surface area contributed by atoms with Crippen molar-refractivity contribution in [2.45, 2.75) is 82.7 Å². The summed E-state index contributed by atoms with van der Waals surface area (Å²) in [5.41, 5.74) is 1.58. The first kappa shape index (κ1) is 21.4. The Labute approximate surface area is 181 Å². The lowest BCUT2D eigenvalue weighted by atomic mass is 9.96. The summed E-state index contributed by atoms with van der Waals surface area (Å²) in [4.78, 5) is 30.8. The number of hydrogen-bond donors (Lipinski definition) is 1. The predicted octanol–water partition coefficient (Wildman–Crippen LogP) is 4.29. The Balaban J connectivity index is 1.42. The standard InChI is InChI=1S/C25H37N3O2/c29-24(26-20-12-5-2-1-3-6-13-20)23-21-14-7-8-15-22(21)25(30)28(23)19-11-18-27-16-9-4-10-17-27/h7-8,14-15,20,23H,1-6,9-13,16-19H2,(H,26,29). The van der Waals surface area contributed by atoms with Crippen molar-refractivity contribution in [2.24, 2.45) is 0 Å². The Morgan fingerprint density at radius 1 is 0.900 bits per heavy atom. The van der Waals surface area contributed by atoms with E-state index in [0.29, 0.717) is 12.1 Å². The lowest BCUT2D eigenvalue weighted by molar-refractivity contribution is -0.126. The van der Waals surface area contributed by atoms with Gasteiger partial charge < -0.3 is 15.1 Å². The molecule has 2 aliphatic heterocycles. The van der Waals surface area contributed by atoms with Gasteiger partial charge in [-0.1, -0.05) is 56.7 Å². The van der Waals surface area contributed by atoms with Gasteiger partial charge in [0.25, 0.3) is 5.91 Å². The van der Waals surface area contributed by atoms with E-state index in [0.717, 1.165) is 31.4 Å². The van der Waals surface area contributed by atoms with Crippen LogP contribution in [0, 0.1) is 0 Å². The smallest absolute Gasteiger partial charge is 0.255 e. The molecule has 1 aromatic carbocycles. The molecule has 0 radical (unpaired) electrons. The Hall–Kier alpha value is -1.88. The van der Waals surface area contributed by atoms with Crippen LogP contribution in [0.3, 0.4) is 0 Å². The zero-order valence-electron chi connectivity index (χ0n) is 18.3. The van der Waals surface area contributed by atoms with Crippen LogP contribution in [0.1, 0.15) is 92.6 Å². The molecule has 1 aliphatic carbocycles. The number of rotatable bonds is 6. The van der Waals surface area contributed by atoms with Crippen LogP contribution in [0.4, 0.5) is 0 Å². The molecule has 1 N–H and O–H groups in total. The third kappa shape index (κ3) is 5.05. The SMILES string of the molecule is O=C(NC1CCCCCCC1)C1c2ccccc2C(=O)N1CCCN1CCCCC1. The van der Waals surface area contributed by atoms with Crippen molar-refractivity contribution in [2.75, 3.05) is 26.2 Å². The zero-order valence-corrected chi connectivity index (χ0v) is 18.3. The van der Waals surface area contributed by atoms with Gasteiger partial charge in [-0.2, -0.15) is 0 Å². The third-order valence-corrected chi connectivity index (χ3v) is 7.08. The number of amides is 2. The van der Waals surface area contributed by atoms with Crippen LogP contribution >= 0.6 is 0 Å².